The molecule has 246 valence electrons. The number of carboxylic acid groups (broad SMARTS) is 1. The van der Waals surface area contributed by atoms with Crippen LogP contribution >= 0.6 is 11.6 Å². The van der Waals surface area contributed by atoms with Gasteiger partial charge in [0.15, 0.2) is 0 Å². The van der Waals surface area contributed by atoms with Gasteiger partial charge in [-0.3, -0.25) is 4.79 Å². The number of nitrogens with zero attached hydrogens (tertiary/aromatic N) is 1. The van der Waals surface area contributed by atoms with E-state index >= 15 is 0 Å². The van der Waals surface area contributed by atoms with Gasteiger partial charge in [0, 0.05) is 29.1 Å². The zero-order valence-corrected chi connectivity index (χ0v) is 28.0. The quantitative estimate of drug-likeness (QED) is 0.252. The highest BCUT2D eigenvalue weighted by Crippen LogP contribution is 2.48. The van der Waals surface area contributed by atoms with Crippen LogP contribution < -0.4 is 14.4 Å². The molecule has 2 N–H and O–H groups in total. The first-order valence-corrected chi connectivity index (χ1v) is 18.1. The molecule has 0 unspecified atom stereocenters. The largest absolute Gasteiger partial charge is 0.505 e. The fourth-order valence-electron chi connectivity index (χ4n) is 7.35. The Morgan fingerprint density at radius 3 is 2.69 bits per heavy atom. The van der Waals surface area contributed by atoms with Crippen LogP contribution in [0.4, 0.5) is 10.5 Å². The number of benzene rings is 2. The lowest BCUT2D eigenvalue weighted by molar-refractivity contribution is 0.0257. The molecule has 2 aromatic carbocycles. The first-order chi connectivity index (χ1) is 21.4. The fourth-order valence-corrected chi connectivity index (χ4v) is 8.16. The molecule has 1 amide bonds. The lowest BCUT2D eigenvalue weighted by Gasteiger charge is -2.46. The number of ether oxygens (including phenoxy) is 2. The van der Waals surface area contributed by atoms with Gasteiger partial charge in [-0.1, -0.05) is 37.4 Å². The van der Waals surface area contributed by atoms with E-state index in [1.165, 1.54) is 25.0 Å². The molecular formula is C34H45ClN2O7S. The number of fused-ring (bicyclic) bond motifs is 3. The van der Waals surface area contributed by atoms with Gasteiger partial charge in [0.2, 0.25) is 10.0 Å². The lowest BCUT2D eigenvalue weighted by atomic mass is 9.65. The van der Waals surface area contributed by atoms with Crippen LogP contribution in [0, 0.1) is 17.8 Å². The van der Waals surface area contributed by atoms with Crippen LogP contribution in [-0.4, -0.2) is 57.1 Å². The standard InChI is InChI=1S/C34H45ClN2O7S/c1-4-5-7-26(19-43-33(39)40)28-12-9-25(28)18-37-20-34(15-6-8-23-16-27(35)11-13-29(23)34)21-44-31-14-10-24(17-30(31)37)32(38)36-45(41,42)22(2)3/h10-11,13-14,16-17,22,25-26,28H,4-9,12,15,18-21H2,1-3H3,(H,36,38)(H,39,40)/t25-,26+,28+,34-/m0/s1. The molecule has 0 aromatic heterocycles. The third kappa shape index (κ3) is 7.38. The third-order valence-electron chi connectivity index (χ3n) is 10.0. The summed E-state index contributed by atoms with van der Waals surface area (Å²) in [6, 6.07) is 11.3. The topological polar surface area (TPSA) is 122 Å². The molecule has 0 saturated heterocycles. The van der Waals surface area contributed by atoms with E-state index in [2.05, 4.69) is 28.7 Å². The van der Waals surface area contributed by atoms with Crippen molar-refractivity contribution in [2.75, 3.05) is 31.2 Å². The molecule has 2 aromatic rings. The van der Waals surface area contributed by atoms with Crippen molar-refractivity contribution in [3.63, 3.8) is 0 Å². The van der Waals surface area contributed by atoms with Gasteiger partial charge in [0.25, 0.3) is 5.91 Å². The van der Waals surface area contributed by atoms with Gasteiger partial charge in [-0.15, -0.1) is 0 Å². The van der Waals surface area contributed by atoms with E-state index in [1.54, 1.807) is 18.2 Å². The van der Waals surface area contributed by atoms with Gasteiger partial charge < -0.3 is 19.5 Å². The molecule has 0 bridgehead atoms. The zero-order valence-electron chi connectivity index (χ0n) is 26.4. The Balaban J connectivity index is 1.49. The van der Waals surface area contributed by atoms with Crippen molar-refractivity contribution in [1.82, 2.24) is 4.72 Å². The second-order valence-corrected chi connectivity index (χ2v) is 16.0. The van der Waals surface area contributed by atoms with Crippen molar-refractivity contribution in [2.24, 2.45) is 17.8 Å². The zero-order chi connectivity index (χ0) is 32.4. The summed E-state index contributed by atoms with van der Waals surface area (Å²) in [5, 5.41) is 9.18. The number of carbonyl (C=O) groups excluding carboxylic acids is 1. The number of aryl methyl sites for hydroxylation is 1. The van der Waals surface area contributed by atoms with Crippen LogP contribution in [0.5, 0.6) is 5.75 Å². The molecule has 45 heavy (non-hydrogen) atoms. The minimum Gasteiger partial charge on any atom is -0.490 e. The number of nitrogens with one attached hydrogen (secondary N) is 1. The minimum atomic E-state index is -3.81. The molecule has 9 nitrogen and oxygen atoms in total. The van der Waals surface area contributed by atoms with E-state index in [0.717, 1.165) is 57.1 Å². The summed E-state index contributed by atoms with van der Waals surface area (Å²) in [6.07, 6.45) is 6.63. The summed E-state index contributed by atoms with van der Waals surface area (Å²) < 4.78 is 38.9. The molecule has 3 aliphatic rings. The number of sulfonamides is 1. The van der Waals surface area contributed by atoms with Crippen LogP contribution in [0.15, 0.2) is 36.4 Å². The van der Waals surface area contributed by atoms with Crippen molar-refractivity contribution in [3.05, 3.63) is 58.1 Å². The SMILES string of the molecule is CCCC[C@H](COC(=O)O)[C@@H]1CC[C@H]1CN1C[C@@]2(CCCc3cc(Cl)ccc32)COc2ccc(C(=O)NS(=O)(=O)C(C)C)cc21. The van der Waals surface area contributed by atoms with Crippen LogP contribution in [0.2, 0.25) is 5.02 Å². The number of unbranched alkanes of at least 4 members (excludes halogenated alkanes) is 1. The summed E-state index contributed by atoms with van der Waals surface area (Å²) >= 11 is 6.40. The molecule has 4 atom stereocenters. The normalized spacial score (nSPS) is 23.3. The Morgan fingerprint density at radius 2 is 2.00 bits per heavy atom. The minimum absolute atomic E-state index is 0.146. The lowest BCUT2D eigenvalue weighted by Crippen LogP contribution is -2.49. The van der Waals surface area contributed by atoms with Gasteiger partial charge in [-0.2, -0.15) is 0 Å². The predicted molar refractivity (Wildman–Crippen MR) is 175 cm³/mol. The number of halogens is 1. The van der Waals surface area contributed by atoms with Gasteiger partial charge in [-0.05, 0) is 112 Å². The Kier molecular flexibility index (Phi) is 10.2. The van der Waals surface area contributed by atoms with E-state index in [0.29, 0.717) is 42.3 Å². The van der Waals surface area contributed by atoms with Gasteiger partial charge in [0.05, 0.1) is 24.2 Å². The summed E-state index contributed by atoms with van der Waals surface area (Å²) in [5.41, 5.74) is 3.18. The second-order valence-electron chi connectivity index (χ2n) is 13.3. The van der Waals surface area contributed by atoms with E-state index < -0.39 is 27.3 Å². The molecule has 0 radical (unpaired) electrons. The maximum atomic E-state index is 13.2. The van der Waals surface area contributed by atoms with Crippen LogP contribution in [0.3, 0.4) is 0 Å². The summed E-state index contributed by atoms with van der Waals surface area (Å²) in [7, 11) is -3.81. The summed E-state index contributed by atoms with van der Waals surface area (Å²) in [5.74, 6) is 0.755. The third-order valence-corrected chi connectivity index (χ3v) is 12.0. The van der Waals surface area contributed by atoms with E-state index in [-0.39, 0.29) is 23.5 Å². The highest BCUT2D eigenvalue weighted by atomic mass is 35.5. The molecule has 1 heterocycles. The molecule has 2 aliphatic carbocycles. The van der Waals surface area contributed by atoms with E-state index in [9.17, 15) is 23.1 Å². The predicted octanol–water partition coefficient (Wildman–Crippen LogP) is 6.81. The first-order valence-electron chi connectivity index (χ1n) is 16.1. The molecule has 1 spiro atoms. The highest BCUT2D eigenvalue weighted by Gasteiger charge is 2.44. The van der Waals surface area contributed by atoms with Gasteiger partial charge in [-0.25, -0.2) is 17.9 Å². The Morgan fingerprint density at radius 1 is 1.20 bits per heavy atom. The Hall–Kier alpha value is -2.98. The smallest absolute Gasteiger partial charge is 0.490 e. The van der Waals surface area contributed by atoms with Crippen LogP contribution in [0.25, 0.3) is 0 Å². The summed E-state index contributed by atoms with van der Waals surface area (Å²) in [6.45, 7) is 7.23. The average molecular weight is 661 g/mol. The number of amides is 1. The van der Waals surface area contributed by atoms with Crippen LogP contribution in [-0.2, 0) is 26.6 Å². The van der Waals surface area contributed by atoms with Crippen molar-refractivity contribution < 1.29 is 32.6 Å². The number of rotatable bonds is 11. The van der Waals surface area contributed by atoms with Crippen LogP contribution in [0.1, 0.15) is 87.2 Å². The number of anilines is 1. The molecule has 11 heteroatoms. The molecule has 1 aliphatic heterocycles. The molecular weight excluding hydrogens is 616 g/mol. The van der Waals surface area contributed by atoms with Gasteiger partial charge >= 0.3 is 6.16 Å². The maximum absolute atomic E-state index is 13.2. The molecule has 5 rings (SSSR count). The first kappa shape index (κ1) is 33.4. The average Bonchev–Trinajstić information content (AvgIpc) is 3.13. The number of hydrogen-bond acceptors (Lipinski definition) is 7. The molecule has 1 fully saturated rings. The second kappa shape index (κ2) is 13.8. The molecule has 1 saturated carbocycles. The monoisotopic (exact) mass is 660 g/mol. The van der Waals surface area contributed by atoms with E-state index in [4.69, 9.17) is 21.1 Å². The van der Waals surface area contributed by atoms with E-state index in [1.807, 2.05) is 6.07 Å². The van der Waals surface area contributed by atoms with Crippen molar-refractivity contribution in [1.29, 1.82) is 0 Å². The maximum Gasteiger partial charge on any atom is 0.505 e. The number of hydrogen-bond donors (Lipinski definition) is 2. The number of carbonyl (C=O) groups is 2. The Bertz CT molecular complexity index is 1510. The van der Waals surface area contributed by atoms with Crippen molar-refractivity contribution in [2.45, 2.75) is 82.8 Å². The highest BCUT2D eigenvalue weighted by molar-refractivity contribution is 7.90. The van der Waals surface area contributed by atoms with Gasteiger partial charge in [0.1, 0.15) is 5.75 Å². The fraction of sp³-hybridized carbons (Fsp3) is 0.588. The van der Waals surface area contributed by atoms with Crippen molar-refractivity contribution >= 4 is 39.4 Å². The van der Waals surface area contributed by atoms with Crippen molar-refractivity contribution in [3.8, 4) is 5.75 Å². The Labute approximate surface area is 271 Å². The summed E-state index contributed by atoms with van der Waals surface area (Å²) in [4.78, 5) is 26.8.